The molecule has 2 rings (SSSR count). The third kappa shape index (κ3) is 4.23. The van der Waals surface area contributed by atoms with E-state index in [0.717, 1.165) is 0 Å². The van der Waals surface area contributed by atoms with Gasteiger partial charge >= 0.3 is 0 Å². The molecule has 0 saturated heterocycles. The van der Waals surface area contributed by atoms with Gasteiger partial charge in [0.05, 0.1) is 10.9 Å². The van der Waals surface area contributed by atoms with Gasteiger partial charge in [-0.15, -0.1) is 0 Å². The van der Waals surface area contributed by atoms with E-state index in [-0.39, 0.29) is 23.9 Å². The normalized spacial score (nSPS) is 10.2. The minimum absolute atomic E-state index is 0.0240. The van der Waals surface area contributed by atoms with Crippen LogP contribution in [0.25, 0.3) is 0 Å². The van der Waals surface area contributed by atoms with Crippen molar-refractivity contribution < 1.29 is 14.0 Å². The molecular weight excluding hydrogens is 337 g/mol. The van der Waals surface area contributed by atoms with E-state index < -0.39 is 0 Å². The van der Waals surface area contributed by atoms with Crippen LogP contribution in [0.5, 0.6) is 0 Å². The molecule has 1 N–H and O–H groups in total. The molecule has 0 radical (unpaired) electrons. The van der Waals surface area contributed by atoms with Crippen molar-refractivity contribution in [2.45, 2.75) is 13.3 Å². The first kappa shape index (κ1) is 15.4. The molecule has 2 aromatic carbocycles. The summed E-state index contributed by atoms with van der Waals surface area (Å²) in [5, 5.41) is 2.73. The Morgan fingerprint density at radius 3 is 2.38 bits per heavy atom. The van der Waals surface area contributed by atoms with E-state index in [1.807, 2.05) is 0 Å². The Kier molecular flexibility index (Phi) is 4.85. The number of carbonyl (C=O) groups excluding carboxylic acids is 2. The lowest BCUT2D eigenvalue weighted by atomic mass is 10.1. The van der Waals surface area contributed by atoms with Gasteiger partial charge in [0.25, 0.3) is 0 Å². The molecule has 0 fully saturated rings. The summed E-state index contributed by atoms with van der Waals surface area (Å²) in [6.45, 7) is 1.49. The van der Waals surface area contributed by atoms with Crippen LogP contribution in [0.4, 0.5) is 10.1 Å². The quantitative estimate of drug-likeness (QED) is 0.848. The second-order valence-electron chi connectivity index (χ2n) is 4.61. The number of halogens is 2. The molecule has 0 unspecified atom stereocenters. The van der Waals surface area contributed by atoms with Gasteiger partial charge in [0, 0.05) is 11.3 Å². The summed E-state index contributed by atoms with van der Waals surface area (Å²) in [4.78, 5) is 23.1. The summed E-state index contributed by atoms with van der Waals surface area (Å²) in [6, 6.07) is 11.1. The lowest BCUT2D eigenvalue weighted by molar-refractivity contribution is -0.115. The van der Waals surface area contributed by atoms with Crippen molar-refractivity contribution >= 4 is 33.3 Å². The summed E-state index contributed by atoms with van der Waals surface area (Å²) in [6.07, 6.45) is 0.146. The van der Waals surface area contributed by atoms with Crippen LogP contribution in [-0.4, -0.2) is 11.7 Å². The van der Waals surface area contributed by atoms with Gasteiger partial charge in [0.1, 0.15) is 5.82 Å². The molecule has 3 nitrogen and oxygen atoms in total. The highest BCUT2D eigenvalue weighted by atomic mass is 79.9. The zero-order chi connectivity index (χ0) is 15.4. The lowest BCUT2D eigenvalue weighted by Crippen LogP contribution is -2.14. The van der Waals surface area contributed by atoms with Gasteiger partial charge in [-0.2, -0.15) is 0 Å². The van der Waals surface area contributed by atoms with Crippen molar-refractivity contribution in [3.05, 3.63) is 63.9 Å². The molecule has 0 aliphatic rings. The van der Waals surface area contributed by atoms with Crippen molar-refractivity contribution in [2.24, 2.45) is 0 Å². The monoisotopic (exact) mass is 349 g/mol. The fraction of sp³-hybridized carbons (Fsp3) is 0.125. The van der Waals surface area contributed by atoms with Crippen molar-refractivity contribution in [3.63, 3.8) is 0 Å². The van der Waals surface area contributed by atoms with E-state index in [2.05, 4.69) is 21.2 Å². The summed E-state index contributed by atoms with van der Waals surface area (Å²) in [5.41, 5.74) is 1.92. The molecule has 2 aromatic rings. The molecule has 108 valence electrons. The molecule has 0 spiro atoms. The molecular formula is C16H13BrFNO2. The van der Waals surface area contributed by atoms with E-state index in [0.29, 0.717) is 21.3 Å². The van der Waals surface area contributed by atoms with Crippen molar-refractivity contribution in [1.82, 2.24) is 0 Å². The van der Waals surface area contributed by atoms with Crippen LogP contribution in [0.3, 0.4) is 0 Å². The number of anilines is 1. The Hall–Kier alpha value is -2.01. The SMILES string of the molecule is CC(=O)c1ccc(NC(=O)Cc2ccc(F)c(Br)c2)cc1. The number of rotatable bonds is 4. The summed E-state index contributed by atoms with van der Waals surface area (Å²) < 4.78 is 13.4. The van der Waals surface area contributed by atoms with Crippen LogP contribution in [0.2, 0.25) is 0 Å². The number of ketones is 1. The van der Waals surface area contributed by atoms with Gasteiger partial charge in [-0.3, -0.25) is 9.59 Å². The van der Waals surface area contributed by atoms with Crippen molar-refractivity contribution in [1.29, 1.82) is 0 Å². The first-order valence-corrected chi connectivity index (χ1v) is 7.10. The van der Waals surface area contributed by atoms with Gasteiger partial charge in [-0.05, 0) is 64.8 Å². The maximum atomic E-state index is 13.1. The third-order valence-electron chi connectivity index (χ3n) is 2.92. The maximum absolute atomic E-state index is 13.1. The lowest BCUT2D eigenvalue weighted by Gasteiger charge is -2.06. The topological polar surface area (TPSA) is 46.2 Å². The number of Topliss-reactive ketones (excluding diaryl/α,β-unsaturated/α-hetero) is 1. The number of hydrogen-bond acceptors (Lipinski definition) is 2. The van der Waals surface area contributed by atoms with E-state index in [9.17, 15) is 14.0 Å². The third-order valence-corrected chi connectivity index (χ3v) is 3.53. The molecule has 1 amide bonds. The van der Waals surface area contributed by atoms with Gasteiger partial charge in [-0.25, -0.2) is 4.39 Å². The molecule has 0 saturated carbocycles. The van der Waals surface area contributed by atoms with Crippen LogP contribution in [-0.2, 0) is 11.2 Å². The molecule has 0 bridgehead atoms. The fourth-order valence-electron chi connectivity index (χ4n) is 1.83. The summed E-state index contributed by atoms with van der Waals surface area (Å²) in [7, 11) is 0. The Balaban J connectivity index is 2.01. The van der Waals surface area contributed by atoms with Crippen LogP contribution in [0, 0.1) is 5.82 Å². The Labute approximate surface area is 130 Å². The maximum Gasteiger partial charge on any atom is 0.228 e. The zero-order valence-electron chi connectivity index (χ0n) is 11.3. The van der Waals surface area contributed by atoms with Crippen LogP contribution >= 0.6 is 15.9 Å². The standard InChI is InChI=1S/C16H13BrFNO2/c1-10(20)12-3-5-13(6-4-12)19-16(21)9-11-2-7-15(18)14(17)8-11/h2-8H,9H2,1H3,(H,19,21). The number of benzene rings is 2. The number of amides is 1. The molecule has 0 atom stereocenters. The average molecular weight is 350 g/mol. The minimum Gasteiger partial charge on any atom is -0.326 e. The second kappa shape index (κ2) is 6.63. The Morgan fingerprint density at radius 1 is 1.14 bits per heavy atom. The molecule has 21 heavy (non-hydrogen) atoms. The molecule has 0 aromatic heterocycles. The first-order valence-electron chi connectivity index (χ1n) is 6.30. The van der Waals surface area contributed by atoms with Crippen molar-refractivity contribution in [2.75, 3.05) is 5.32 Å². The van der Waals surface area contributed by atoms with Crippen LogP contribution in [0.15, 0.2) is 46.9 Å². The Bertz CT molecular complexity index is 683. The van der Waals surface area contributed by atoms with Gasteiger partial charge < -0.3 is 5.32 Å². The highest BCUT2D eigenvalue weighted by Crippen LogP contribution is 2.17. The molecule has 0 aliphatic heterocycles. The smallest absolute Gasteiger partial charge is 0.228 e. The van der Waals surface area contributed by atoms with Crippen LogP contribution < -0.4 is 5.32 Å². The minimum atomic E-state index is -0.362. The fourth-order valence-corrected chi connectivity index (χ4v) is 2.25. The predicted octanol–water partition coefficient (Wildman–Crippen LogP) is 3.97. The molecule has 0 heterocycles. The number of nitrogens with one attached hydrogen (secondary N) is 1. The van der Waals surface area contributed by atoms with E-state index in [4.69, 9.17) is 0 Å². The van der Waals surface area contributed by atoms with E-state index >= 15 is 0 Å². The predicted molar refractivity (Wildman–Crippen MR) is 82.9 cm³/mol. The molecule has 0 aliphatic carbocycles. The van der Waals surface area contributed by atoms with Crippen molar-refractivity contribution in [3.8, 4) is 0 Å². The van der Waals surface area contributed by atoms with Gasteiger partial charge in [0.2, 0.25) is 5.91 Å². The largest absolute Gasteiger partial charge is 0.326 e. The summed E-state index contributed by atoms with van der Waals surface area (Å²) >= 11 is 3.09. The Morgan fingerprint density at radius 2 is 1.81 bits per heavy atom. The number of carbonyl (C=O) groups is 2. The number of hydrogen-bond donors (Lipinski definition) is 1. The highest BCUT2D eigenvalue weighted by molar-refractivity contribution is 9.10. The second-order valence-corrected chi connectivity index (χ2v) is 5.46. The first-order chi connectivity index (χ1) is 9.95. The highest BCUT2D eigenvalue weighted by Gasteiger charge is 2.07. The van der Waals surface area contributed by atoms with E-state index in [1.54, 1.807) is 36.4 Å². The van der Waals surface area contributed by atoms with Gasteiger partial charge in [0.15, 0.2) is 5.78 Å². The average Bonchev–Trinajstić information content (AvgIpc) is 2.43. The zero-order valence-corrected chi connectivity index (χ0v) is 12.9. The van der Waals surface area contributed by atoms with E-state index in [1.165, 1.54) is 13.0 Å². The molecule has 5 heteroatoms. The van der Waals surface area contributed by atoms with Crippen LogP contribution in [0.1, 0.15) is 22.8 Å². The van der Waals surface area contributed by atoms with Gasteiger partial charge in [-0.1, -0.05) is 6.07 Å². The summed E-state index contributed by atoms with van der Waals surface area (Å²) in [5.74, 6) is -0.591.